The zero-order chi connectivity index (χ0) is 12.4. The molecule has 0 aliphatic heterocycles. The fraction of sp³-hybridized carbons (Fsp3) is 0.200. The quantitative estimate of drug-likeness (QED) is 0.775. The van der Waals surface area contributed by atoms with Gasteiger partial charge in [-0.15, -0.1) is 0 Å². The first-order chi connectivity index (χ1) is 8.08. The van der Waals surface area contributed by atoms with Gasteiger partial charge in [-0.25, -0.2) is 0 Å². The van der Waals surface area contributed by atoms with Gasteiger partial charge in [0, 0.05) is 5.69 Å². The third kappa shape index (κ3) is 2.48. The number of anilines is 1. The van der Waals surface area contributed by atoms with E-state index in [2.05, 4.69) is 6.07 Å². The minimum absolute atomic E-state index is 0.587. The van der Waals surface area contributed by atoms with Crippen LogP contribution in [0, 0.1) is 13.8 Å². The summed E-state index contributed by atoms with van der Waals surface area (Å²) >= 11 is 0. The van der Waals surface area contributed by atoms with Crippen molar-refractivity contribution in [2.24, 2.45) is 0 Å². The third-order valence-electron chi connectivity index (χ3n) is 2.97. The predicted molar refractivity (Wildman–Crippen MR) is 70.8 cm³/mol. The van der Waals surface area contributed by atoms with Gasteiger partial charge in [-0.2, -0.15) is 0 Å². The van der Waals surface area contributed by atoms with Crippen molar-refractivity contribution in [1.29, 1.82) is 0 Å². The summed E-state index contributed by atoms with van der Waals surface area (Å²) in [5.41, 5.74) is 10.5. The molecule has 17 heavy (non-hydrogen) atoms. The Labute approximate surface area is 102 Å². The number of aliphatic hydroxyl groups is 1. The molecule has 1 atom stereocenters. The summed E-state index contributed by atoms with van der Waals surface area (Å²) in [5.74, 6) is 0. The van der Waals surface area contributed by atoms with Gasteiger partial charge in [0.05, 0.1) is 0 Å². The van der Waals surface area contributed by atoms with E-state index in [0.29, 0.717) is 5.69 Å². The Bertz CT molecular complexity index is 517. The molecular weight excluding hydrogens is 210 g/mol. The number of aryl methyl sites for hydroxylation is 2. The van der Waals surface area contributed by atoms with Crippen molar-refractivity contribution in [2.45, 2.75) is 20.0 Å². The fourth-order valence-electron chi connectivity index (χ4n) is 1.99. The largest absolute Gasteiger partial charge is 0.399 e. The first-order valence-corrected chi connectivity index (χ1v) is 5.68. The first-order valence-electron chi connectivity index (χ1n) is 5.68. The van der Waals surface area contributed by atoms with Gasteiger partial charge in [-0.05, 0) is 42.7 Å². The predicted octanol–water partition coefficient (Wildman–Crippen LogP) is 2.97. The molecule has 0 unspecified atom stereocenters. The van der Waals surface area contributed by atoms with Crippen LogP contribution in [0.3, 0.4) is 0 Å². The molecule has 2 nitrogen and oxygen atoms in total. The van der Waals surface area contributed by atoms with Crippen LogP contribution >= 0.6 is 0 Å². The summed E-state index contributed by atoms with van der Waals surface area (Å²) in [7, 11) is 0. The highest BCUT2D eigenvalue weighted by Gasteiger charge is 2.12. The Morgan fingerprint density at radius 3 is 2.24 bits per heavy atom. The molecule has 0 aromatic heterocycles. The topological polar surface area (TPSA) is 46.2 Å². The Hall–Kier alpha value is -1.80. The van der Waals surface area contributed by atoms with Crippen LogP contribution in [0.5, 0.6) is 0 Å². The molecule has 88 valence electrons. The molecule has 2 aromatic carbocycles. The van der Waals surface area contributed by atoms with Crippen LogP contribution < -0.4 is 5.73 Å². The molecule has 0 spiro atoms. The average Bonchev–Trinajstić information content (AvgIpc) is 2.29. The summed E-state index contributed by atoms with van der Waals surface area (Å²) in [4.78, 5) is 0. The molecule has 2 aromatic rings. The van der Waals surface area contributed by atoms with E-state index in [0.717, 1.165) is 16.7 Å². The summed E-state index contributed by atoms with van der Waals surface area (Å²) < 4.78 is 0. The summed E-state index contributed by atoms with van der Waals surface area (Å²) in [6, 6.07) is 13.4. The molecule has 0 saturated carbocycles. The number of benzene rings is 2. The molecule has 0 saturated heterocycles. The second-order valence-corrected chi connectivity index (χ2v) is 4.43. The molecule has 0 bridgehead atoms. The van der Waals surface area contributed by atoms with Gasteiger partial charge in [0.1, 0.15) is 6.10 Å². The monoisotopic (exact) mass is 227 g/mol. The Kier molecular flexibility index (Phi) is 3.16. The van der Waals surface area contributed by atoms with Crippen LogP contribution in [0.4, 0.5) is 5.69 Å². The smallest absolute Gasteiger partial charge is 0.104 e. The number of nitrogens with two attached hydrogens (primary N) is 1. The second-order valence-electron chi connectivity index (χ2n) is 4.43. The molecule has 0 aliphatic carbocycles. The van der Waals surface area contributed by atoms with E-state index in [1.165, 1.54) is 5.56 Å². The van der Waals surface area contributed by atoms with Crippen LogP contribution in [-0.2, 0) is 0 Å². The zero-order valence-electron chi connectivity index (χ0n) is 10.1. The second kappa shape index (κ2) is 4.60. The number of hydrogen-bond donors (Lipinski definition) is 2. The third-order valence-corrected chi connectivity index (χ3v) is 2.97. The van der Waals surface area contributed by atoms with E-state index in [-0.39, 0.29) is 0 Å². The average molecular weight is 227 g/mol. The number of nitrogen functional groups attached to an aromatic ring is 1. The molecule has 0 aliphatic rings. The molecule has 3 N–H and O–H groups in total. The van der Waals surface area contributed by atoms with Gasteiger partial charge >= 0.3 is 0 Å². The van der Waals surface area contributed by atoms with Crippen LogP contribution in [0.15, 0.2) is 42.5 Å². The lowest BCUT2D eigenvalue weighted by molar-refractivity contribution is 0.219. The molecular formula is C15H17NO. The van der Waals surface area contributed by atoms with Crippen molar-refractivity contribution >= 4 is 5.69 Å². The minimum Gasteiger partial charge on any atom is -0.399 e. The van der Waals surface area contributed by atoms with Crippen molar-refractivity contribution < 1.29 is 5.11 Å². The van der Waals surface area contributed by atoms with Crippen molar-refractivity contribution in [3.63, 3.8) is 0 Å². The molecule has 2 rings (SSSR count). The van der Waals surface area contributed by atoms with Crippen molar-refractivity contribution in [3.05, 3.63) is 64.7 Å². The van der Waals surface area contributed by atoms with Gasteiger partial charge in [0.15, 0.2) is 0 Å². The molecule has 0 heterocycles. The lowest BCUT2D eigenvalue weighted by Crippen LogP contribution is -2.02. The zero-order valence-corrected chi connectivity index (χ0v) is 10.1. The highest BCUT2D eigenvalue weighted by molar-refractivity contribution is 5.43. The minimum atomic E-state index is -0.587. The Morgan fingerprint density at radius 2 is 1.65 bits per heavy atom. The van der Waals surface area contributed by atoms with Crippen LogP contribution in [0.1, 0.15) is 28.4 Å². The molecule has 0 amide bonds. The molecule has 2 heteroatoms. The van der Waals surface area contributed by atoms with E-state index >= 15 is 0 Å². The van der Waals surface area contributed by atoms with Crippen molar-refractivity contribution in [3.8, 4) is 0 Å². The molecule has 0 radical (unpaired) electrons. The van der Waals surface area contributed by atoms with Crippen LogP contribution in [-0.4, -0.2) is 5.11 Å². The Balaban J connectivity index is 2.36. The SMILES string of the molecule is Cc1ccc([C@H](O)c2ccc(N)cc2)c(C)c1. The van der Waals surface area contributed by atoms with Crippen LogP contribution in [0.2, 0.25) is 0 Å². The van der Waals surface area contributed by atoms with Gasteiger partial charge in [-0.1, -0.05) is 35.9 Å². The maximum atomic E-state index is 10.3. The number of aliphatic hydroxyl groups excluding tert-OH is 1. The van der Waals surface area contributed by atoms with Gasteiger partial charge in [0.25, 0.3) is 0 Å². The first kappa shape index (κ1) is 11.7. The maximum absolute atomic E-state index is 10.3. The van der Waals surface area contributed by atoms with Gasteiger partial charge in [-0.3, -0.25) is 0 Å². The standard InChI is InChI=1S/C15H17NO/c1-10-3-8-14(11(2)9-10)15(17)12-4-6-13(16)7-5-12/h3-9,15,17H,16H2,1-2H3/t15-/m1/s1. The fourth-order valence-corrected chi connectivity index (χ4v) is 1.99. The van der Waals surface area contributed by atoms with Crippen molar-refractivity contribution in [1.82, 2.24) is 0 Å². The van der Waals surface area contributed by atoms with Crippen molar-refractivity contribution in [2.75, 3.05) is 5.73 Å². The summed E-state index contributed by atoms with van der Waals surface area (Å²) in [6.45, 7) is 4.06. The van der Waals surface area contributed by atoms with E-state index in [9.17, 15) is 5.11 Å². The van der Waals surface area contributed by atoms with E-state index < -0.39 is 6.10 Å². The van der Waals surface area contributed by atoms with Gasteiger partial charge in [0.2, 0.25) is 0 Å². The molecule has 0 fully saturated rings. The number of hydrogen-bond acceptors (Lipinski definition) is 2. The normalized spacial score (nSPS) is 12.4. The van der Waals surface area contributed by atoms with E-state index in [1.54, 1.807) is 0 Å². The maximum Gasteiger partial charge on any atom is 0.104 e. The van der Waals surface area contributed by atoms with Gasteiger partial charge < -0.3 is 10.8 Å². The number of rotatable bonds is 2. The van der Waals surface area contributed by atoms with E-state index in [4.69, 9.17) is 5.73 Å². The summed E-state index contributed by atoms with van der Waals surface area (Å²) in [5, 5.41) is 10.3. The Morgan fingerprint density at radius 1 is 1.00 bits per heavy atom. The lowest BCUT2D eigenvalue weighted by atomic mass is 9.96. The van der Waals surface area contributed by atoms with E-state index in [1.807, 2.05) is 50.2 Å². The summed E-state index contributed by atoms with van der Waals surface area (Å²) in [6.07, 6.45) is -0.587. The highest BCUT2D eigenvalue weighted by atomic mass is 16.3. The highest BCUT2D eigenvalue weighted by Crippen LogP contribution is 2.25. The lowest BCUT2D eigenvalue weighted by Gasteiger charge is -2.14. The van der Waals surface area contributed by atoms with Crippen LogP contribution in [0.25, 0.3) is 0 Å².